The third-order valence-electron chi connectivity index (χ3n) is 6.02. The Bertz CT molecular complexity index is 1090. The summed E-state index contributed by atoms with van der Waals surface area (Å²) < 4.78 is 0. The molecular weight excluding hydrogens is 426 g/mol. The third kappa shape index (κ3) is 4.43. The molecule has 1 N–H and O–H groups in total. The Morgan fingerprint density at radius 2 is 1.97 bits per heavy atom. The zero-order chi connectivity index (χ0) is 21.2. The van der Waals surface area contributed by atoms with Crippen molar-refractivity contribution in [3.63, 3.8) is 0 Å². The second-order valence-electron chi connectivity index (χ2n) is 8.20. The van der Waals surface area contributed by atoms with E-state index < -0.39 is 0 Å². The fourth-order valence-electron chi connectivity index (χ4n) is 4.44. The molecule has 2 aliphatic rings. The predicted molar refractivity (Wildman–Crippen MR) is 125 cm³/mol. The van der Waals surface area contributed by atoms with E-state index in [0.29, 0.717) is 17.2 Å². The standard InChI is InChI=1S/C24H25N3O2S2/c28-21(14-19-15-31-24(25-19)27-11-3-8-22(27)29)26-23(20-7-4-12-30-20)18-10-9-16-5-1-2-6-17(16)13-18/h4,7,9-10,12-13,15,23H,1-3,5-6,8,11,14H2,(H,26,28). The molecule has 1 aromatic carbocycles. The van der Waals surface area contributed by atoms with Crippen LogP contribution in [0.5, 0.6) is 0 Å². The molecule has 5 nitrogen and oxygen atoms in total. The maximum atomic E-state index is 13.0. The van der Waals surface area contributed by atoms with E-state index in [-0.39, 0.29) is 24.3 Å². The van der Waals surface area contributed by atoms with Crippen LogP contribution in [0.25, 0.3) is 0 Å². The molecule has 0 saturated carbocycles. The molecule has 1 saturated heterocycles. The molecule has 5 rings (SSSR count). The number of aromatic nitrogens is 1. The van der Waals surface area contributed by atoms with Gasteiger partial charge in [0.25, 0.3) is 0 Å². The third-order valence-corrected chi connectivity index (χ3v) is 7.87. The van der Waals surface area contributed by atoms with E-state index >= 15 is 0 Å². The molecule has 3 aromatic rings. The number of carbonyl (C=O) groups is 2. The zero-order valence-electron chi connectivity index (χ0n) is 17.3. The number of thiazole rings is 1. The van der Waals surface area contributed by atoms with Crippen molar-refractivity contribution >= 4 is 39.6 Å². The van der Waals surface area contributed by atoms with Crippen molar-refractivity contribution in [2.24, 2.45) is 0 Å². The van der Waals surface area contributed by atoms with Crippen molar-refractivity contribution < 1.29 is 9.59 Å². The number of rotatable bonds is 6. The molecule has 31 heavy (non-hydrogen) atoms. The highest BCUT2D eigenvalue weighted by Gasteiger charge is 2.25. The minimum absolute atomic E-state index is 0.0549. The van der Waals surface area contributed by atoms with Crippen LogP contribution in [-0.2, 0) is 28.9 Å². The van der Waals surface area contributed by atoms with Gasteiger partial charge in [0.15, 0.2) is 5.13 Å². The van der Waals surface area contributed by atoms with Crippen molar-refractivity contribution in [3.8, 4) is 0 Å². The largest absolute Gasteiger partial charge is 0.344 e. The molecular formula is C24H25N3O2S2. The van der Waals surface area contributed by atoms with Gasteiger partial charge in [0.05, 0.1) is 18.2 Å². The van der Waals surface area contributed by atoms with Gasteiger partial charge in [0.2, 0.25) is 11.8 Å². The van der Waals surface area contributed by atoms with Crippen LogP contribution >= 0.6 is 22.7 Å². The van der Waals surface area contributed by atoms with Crippen LogP contribution < -0.4 is 10.2 Å². The summed E-state index contributed by atoms with van der Waals surface area (Å²) in [5, 5.41) is 7.87. The fourth-order valence-corrected chi connectivity index (χ4v) is 6.11. The quantitative estimate of drug-likeness (QED) is 0.593. The van der Waals surface area contributed by atoms with Gasteiger partial charge in [0, 0.05) is 23.2 Å². The number of nitrogens with one attached hydrogen (secondary N) is 1. The second-order valence-corrected chi connectivity index (χ2v) is 10.0. The summed E-state index contributed by atoms with van der Waals surface area (Å²) in [6.07, 6.45) is 6.43. The topological polar surface area (TPSA) is 62.3 Å². The number of nitrogens with zero attached hydrogens (tertiary/aromatic N) is 2. The van der Waals surface area contributed by atoms with Gasteiger partial charge in [0.1, 0.15) is 0 Å². The zero-order valence-corrected chi connectivity index (χ0v) is 18.9. The molecule has 0 spiro atoms. The number of hydrogen-bond donors (Lipinski definition) is 1. The molecule has 1 atom stereocenters. The lowest BCUT2D eigenvalue weighted by atomic mass is 9.89. The molecule has 3 heterocycles. The number of fused-ring (bicyclic) bond motifs is 1. The van der Waals surface area contributed by atoms with Gasteiger partial charge < -0.3 is 5.32 Å². The lowest BCUT2D eigenvalue weighted by molar-refractivity contribution is -0.121. The van der Waals surface area contributed by atoms with E-state index in [4.69, 9.17) is 0 Å². The maximum absolute atomic E-state index is 13.0. The summed E-state index contributed by atoms with van der Waals surface area (Å²) in [5.74, 6) is 0.0660. The number of aryl methyl sites for hydroxylation is 2. The van der Waals surface area contributed by atoms with E-state index in [9.17, 15) is 9.59 Å². The molecule has 1 unspecified atom stereocenters. The smallest absolute Gasteiger partial charge is 0.228 e. The number of thiophene rings is 1. The first-order valence-electron chi connectivity index (χ1n) is 10.9. The highest BCUT2D eigenvalue weighted by molar-refractivity contribution is 7.14. The Morgan fingerprint density at radius 1 is 1.10 bits per heavy atom. The lowest BCUT2D eigenvalue weighted by Gasteiger charge is -2.22. The van der Waals surface area contributed by atoms with Gasteiger partial charge in [-0.3, -0.25) is 14.5 Å². The second kappa shape index (κ2) is 8.93. The van der Waals surface area contributed by atoms with Gasteiger partial charge in [-0.25, -0.2) is 4.98 Å². The van der Waals surface area contributed by atoms with Gasteiger partial charge in [-0.2, -0.15) is 0 Å². The SMILES string of the molecule is O=C(Cc1csc(N2CCCC2=O)n1)NC(c1ccc2c(c1)CCCC2)c1cccs1. The number of benzene rings is 1. The highest BCUT2D eigenvalue weighted by Crippen LogP contribution is 2.31. The van der Waals surface area contributed by atoms with Crippen LogP contribution in [0.15, 0.2) is 41.1 Å². The Kier molecular flexibility index (Phi) is 5.87. The van der Waals surface area contributed by atoms with Gasteiger partial charge in [-0.15, -0.1) is 22.7 Å². The van der Waals surface area contributed by atoms with Gasteiger partial charge >= 0.3 is 0 Å². The Balaban J connectivity index is 1.32. The molecule has 0 radical (unpaired) electrons. The number of hydrogen-bond acceptors (Lipinski definition) is 5. The molecule has 1 aliphatic heterocycles. The summed E-state index contributed by atoms with van der Waals surface area (Å²) in [5.41, 5.74) is 4.71. The number of anilines is 1. The summed E-state index contributed by atoms with van der Waals surface area (Å²) in [7, 11) is 0. The van der Waals surface area contributed by atoms with Gasteiger partial charge in [-0.1, -0.05) is 24.3 Å². The van der Waals surface area contributed by atoms with E-state index in [1.54, 1.807) is 16.2 Å². The normalized spacial score (nSPS) is 16.9. The molecule has 0 bridgehead atoms. The molecule has 2 aromatic heterocycles. The Labute approximate surface area is 190 Å². The van der Waals surface area contributed by atoms with Crippen LogP contribution in [0.3, 0.4) is 0 Å². The van der Waals surface area contributed by atoms with E-state index in [1.807, 2.05) is 16.8 Å². The van der Waals surface area contributed by atoms with Crippen molar-refractivity contribution in [2.75, 3.05) is 11.4 Å². The lowest BCUT2D eigenvalue weighted by Crippen LogP contribution is -2.30. The maximum Gasteiger partial charge on any atom is 0.228 e. The van der Waals surface area contributed by atoms with Crippen LogP contribution in [-0.4, -0.2) is 23.3 Å². The summed E-state index contributed by atoms with van der Waals surface area (Å²) in [6.45, 7) is 0.719. The van der Waals surface area contributed by atoms with Crippen LogP contribution in [0, 0.1) is 0 Å². The van der Waals surface area contributed by atoms with Crippen molar-refractivity contribution in [2.45, 2.75) is 51.0 Å². The van der Waals surface area contributed by atoms with Crippen LogP contribution in [0.1, 0.15) is 59.0 Å². The molecule has 1 fully saturated rings. The molecule has 2 amide bonds. The van der Waals surface area contributed by atoms with E-state index in [2.05, 4.69) is 34.6 Å². The average molecular weight is 452 g/mol. The molecule has 7 heteroatoms. The highest BCUT2D eigenvalue weighted by atomic mass is 32.1. The minimum Gasteiger partial charge on any atom is -0.344 e. The van der Waals surface area contributed by atoms with Gasteiger partial charge in [-0.05, 0) is 60.2 Å². The first-order valence-corrected chi connectivity index (χ1v) is 12.6. The van der Waals surface area contributed by atoms with Crippen molar-refractivity contribution in [1.82, 2.24) is 10.3 Å². The average Bonchev–Trinajstić information content (AvgIpc) is 3.54. The van der Waals surface area contributed by atoms with Crippen LogP contribution in [0.4, 0.5) is 5.13 Å². The van der Waals surface area contributed by atoms with Crippen molar-refractivity contribution in [3.05, 3.63) is 68.4 Å². The summed E-state index contributed by atoms with van der Waals surface area (Å²) in [4.78, 5) is 32.3. The first kappa shape index (κ1) is 20.4. The Hall–Kier alpha value is -2.51. The van der Waals surface area contributed by atoms with E-state index in [0.717, 1.165) is 36.2 Å². The number of carbonyl (C=O) groups excluding carboxylic acids is 2. The summed E-state index contributed by atoms with van der Waals surface area (Å²) >= 11 is 3.10. The predicted octanol–water partition coefficient (Wildman–Crippen LogP) is 4.66. The summed E-state index contributed by atoms with van der Waals surface area (Å²) in [6, 6.07) is 10.6. The molecule has 160 valence electrons. The molecule has 1 aliphatic carbocycles. The monoisotopic (exact) mass is 451 g/mol. The van der Waals surface area contributed by atoms with Crippen LogP contribution in [0.2, 0.25) is 0 Å². The van der Waals surface area contributed by atoms with E-state index in [1.165, 1.54) is 35.3 Å². The first-order chi connectivity index (χ1) is 15.2. The minimum atomic E-state index is -0.155. The number of amides is 2. The van der Waals surface area contributed by atoms with Crippen molar-refractivity contribution in [1.29, 1.82) is 0 Å². The Morgan fingerprint density at radius 3 is 2.74 bits per heavy atom. The fraction of sp³-hybridized carbons (Fsp3) is 0.375.